The molecule has 1 aromatic heterocycles. The predicted molar refractivity (Wildman–Crippen MR) is 73.0 cm³/mol. The van der Waals surface area contributed by atoms with Crippen LogP contribution >= 0.6 is 0 Å². The molecule has 0 saturated carbocycles. The van der Waals surface area contributed by atoms with Gasteiger partial charge in [0, 0.05) is 25.8 Å². The second kappa shape index (κ2) is 6.26. The predicted octanol–water partition coefficient (Wildman–Crippen LogP) is 1.41. The van der Waals surface area contributed by atoms with Gasteiger partial charge in [0.05, 0.1) is 11.1 Å². The number of hydrogen-bond acceptors (Lipinski definition) is 5. The molecule has 0 spiro atoms. The second-order valence-corrected chi connectivity index (χ2v) is 5.65. The van der Waals surface area contributed by atoms with Gasteiger partial charge in [0.2, 0.25) is 5.76 Å². The topological polar surface area (TPSA) is 102 Å². The largest absolute Gasteiger partial charge is 0.481 e. The first-order valence-corrected chi connectivity index (χ1v) is 7.00. The van der Waals surface area contributed by atoms with Crippen LogP contribution in [0.5, 0.6) is 0 Å². The number of amides is 1. The minimum absolute atomic E-state index is 0.0578. The Hall–Kier alpha value is -1.89. The summed E-state index contributed by atoms with van der Waals surface area (Å²) in [6.07, 6.45) is 0.770. The summed E-state index contributed by atoms with van der Waals surface area (Å²) < 4.78 is 10.2. The third-order valence-electron chi connectivity index (χ3n) is 3.83. The molecule has 1 aliphatic heterocycles. The first-order chi connectivity index (χ1) is 9.94. The van der Waals surface area contributed by atoms with Crippen LogP contribution in [0.15, 0.2) is 10.6 Å². The molecule has 2 rings (SSSR count). The summed E-state index contributed by atoms with van der Waals surface area (Å²) in [5.41, 5.74) is -0.270. The molecule has 7 nitrogen and oxygen atoms in total. The van der Waals surface area contributed by atoms with Crippen LogP contribution in [0, 0.1) is 5.41 Å². The average molecular weight is 296 g/mol. The molecule has 116 valence electrons. The van der Waals surface area contributed by atoms with E-state index >= 15 is 0 Å². The van der Waals surface area contributed by atoms with E-state index in [1.165, 1.54) is 0 Å². The number of carboxylic acids is 1. The van der Waals surface area contributed by atoms with Gasteiger partial charge in [-0.05, 0) is 18.8 Å². The van der Waals surface area contributed by atoms with Gasteiger partial charge in [0.1, 0.15) is 0 Å². The molecule has 0 aliphatic carbocycles. The van der Waals surface area contributed by atoms with Crippen LogP contribution in [0.3, 0.4) is 0 Å². The van der Waals surface area contributed by atoms with Gasteiger partial charge in [0.15, 0.2) is 0 Å². The summed E-state index contributed by atoms with van der Waals surface area (Å²) in [6, 6.07) is 1.58. The summed E-state index contributed by atoms with van der Waals surface area (Å²) in [6.45, 7) is 4.73. The maximum atomic E-state index is 12.0. The van der Waals surface area contributed by atoms with Gasteiger partial charge < -0.3 is 19.7 Å². The third kappa shape index (κ3) is 3.41. The van der Waals surface area contributed by atoms with Crippen molar-refractivity contribution in [2.24, 2.45) is 5.41 Å². The molecule has 7 heteroatoms. The van der Waals surface area contributed by atoms with Gasteiger partial charge in [-0.3, -0.25) is 9.59 Å². The zero-order chi connectivity index (χ0) is 15.5. The van der Waals surface area contributed by atoms with Crippen LogP contribution in [0.4, 0.5) is 0 Å². The Balaban J connectivity index is 1.99. The van der Waals surface area contributed by atoms with Crippen molar-refractivity contribution in [1.29, 1.82) is 0 Å². The molecule has 0 aromatic carbocycles. The first kappa shape index (κ1) is 15.5. The van der Waals surface area contributed by atoms with E-state index in [0.717, 1.165) is 0 Å². The highest BCUT2D eigenvalue weighted by atomic mass is 16.5. The number of aromatic nitrogens is 1. The number of carboxylic acid groups (broad SMARTS) is 1. The van der Waals surface area contributed by atoms with Crippen LogP contribution in [-0.2, 0) is 9.53 Å². The maximum Gasteiger partial charge on any atom is 0.311 e. The van der Waals surface area contributed by atoms with Gasteiger partial charge in [0.25, 0.3) is 5.91 Å². The normalized spacial score (nSPS) is 17.7. The van der Waals surface area contributed by atoms with Crippen LogP contribution in [0.1, 0.15) is 48.9 Å². The molecular formula is C14H20N2O5. The van der Waals surface area contributed by atoms with E-state index in [2.05, 4.69) is 10.5 Å². The standard InChI is InChI=1S/C14H20N2O5/c1-9(2)10-7-11(21-16-10)12(17)15-8-14(13(18)19)3-5-20-6-4-14/h7,9H,3-6,8H2,1-2H3,(H,15,17)(H,18,19). The molecule has 1 aliphatic rings. The molecule has 2 N–H and O–H groups in total. The number of carbonyl (C=O) groups excluding carboxylic acids is 1. The van der Waals surface area contributed by atoms with Gasteiger partial charge in [-0.15, -0.1) is 0 Å². The van der Waals surface area contributed by atoms with Crippen molar-refractivity contribution in [2.45, 2.75) is 32.6 Å². The Kier molecular flexibility index (Phi) is 4.62. The Morgan fingerprint density at radius 1 is 1.43 bits per heavy atom. The number of carbonyl (C=O) groups is 2. The second-order valence-electron chi connectivity index (χ2n) is 5.65. The van der Waals surface area contributed by atoms with Crippen molar-refractivity contribution in [2.75, 3.05) is 19.8 Å². The number of ether oxygens (including phenoxy) is 1. The number of aliphatic carboxylic acids is 1. The Morgan fingerprint density at radius 3 is 2.62 bits per heavy atom. The highest BCUT2D eigenvalue weighted by Crippen LogP contribution is 2.30. The molecule has 1 aromatic rings. The molecule has 21 heavy (non-hydrogen) atoms. The lowest BCUT2D eigenvalue weighted by Crippen LogP contribution is -2.46. The third-order valence-corrected chi connectivity index (χ3v) is 3.83. The Labute approximate surface area is 122 Å². The van der Waals surface area contributed by atoms with Crippen molar-refractivity contribution >= 4 is 11.9 Å². The number of rotatable bonds is 5. The monoisotopic (exact) mass is 296 g/mol. The molecule has 0 radical (unpaired) electrons. The van der Waals surface area contributed by atoms with E-state index in [0.29, 0.717) is 31.7 Å². The van der Waals surface area contributed by atoms with Crippen LogP contribution in [0.2, 0.25) is 0 Å². The van der Waals surface area contributed by atoms with Gasteiger partial charge >= 0.3 is 5.97 Å². The zero-order valence-corrected chi connectivity index (χ0v) is 12.2. The fourth-order valence-electron chi connectivity index (χ4n) is 2.23. The minimum Gasteiger partial charge on any atom is -0.481 e. The fraction of sp³-hybridized carbons (Fsp3) is 0.643. The molecule has 1 amide bonds. The zero-order valence-electron chi connectivity index (χ0n) is 12.2. The summed E-state index contributed by atoms with van der Waals surface area (Å²) in [7, 11) is 0. The van der Waals surface area contributed by atoms with Crippen LogP contribution in [0.25, 0.3) is 0 Å². The SMILES string of the molecule is CC(C)c1cc(C(=O)NCC2(C(=O)O)CCOCC2)on1. The lowest BCUT2D eigenvalue weighted by Gasteiger charge is -2.32. The van der Waals surface area contributed by atoms with E-state index in [-0.39, 0.29) is 18.2 Å². The van der Waals surface area contributed by atoms with Crippen molar-refractivity contribution < 1.29 is 24.0 Å². The highest BCUT2D eigenvalue weighted by Gasteiger charge is 2.40. The Morgan fingerprint density at radius 2 is 2.10 bits per heavy atom. The molecule has 0 unspecified atom stereocenters. The lowest BCUT2D eigenvalue weighted by molar-refractivity contribution is -0.154. The number of nitrogens with one attached hydrogen (secondary N) is 1. The van der Waals surface area contributed by atoms with E-state index in [1.807, 2.05) is 13.8 Å². The Bertz CT molecular complexity index is 517. The van der Waals surface area contributed by atoms with Crippen molar-refractivity contribution in [3.05, 3.63) is 17.5 Å². The first-order valence-electron chi connectivity index (χ1n) is 7.00. The molecule has 2 heterocycles. The smallest absolute Gasteiger partial charge is 0.311 e. The highest BCUT2D eigenvalue weighted by molar-refractivity contribution is 5.91. The van der Waals surface area contributed by atoms with E-state index < -0.39 is 17.3 Å². The quantitative estimate of drug-likeness (QED) is 0.851. The van der Waals surface area contributed by atoms with E-state index in [9.17, 15) is 14.7 Å². The fourth-order valence-corrected chi connectivity index (χ4v) is 2.23. The number of hydrogen-bond donors (Lipinski definition) is 2. The van der Waals surface area contributed by atoms with E-state index in [4.69, 9.17) is 9.26 Å². The van der Waals surface area contributed by atoms with Crippen molar-refractivity contribution in [3.8, 4) is 0 Å². The van der Waals surface area contributed by atoms with Crippen molar-refractivity contribution in [1.82, 2.24) is 10.5 Å². The maximum absolute atomic E-state index is 12.0. The van der Waals surface area contributed by atoms with Gasteiger partial charge in [-0.2, -0.15) is 0 Å². The van der Waals surface area contributed by atoms with Gasteiger partial charge in [-0.1, -0.05) is 19.0 Å². The molecule has 1 saturated heterocycles. The minimum atomic E-state index is -0.963. The lowest BCUT2D eigenvalue weighted by atomic mass is 9.80. The molecule has 0 atom stereocenters. The molecule has 0 bridgehead atoms. The average Bonchev–Trinajstić information content (AvgIpc) is 2.95. The van der Waals surface area contributed by atoms with Crippen LogP contribution < -0.4 is 5.32 Å². The summed E-state index contributed by atoms with van der Waals surface area (Å²) >= 11 is 0. The molecule has 1 fully saturated rings. The van der Waals surface area contributed by atoms with Gasteiger partial charge in [-0.25, -0.2) is 0 Å². The molecular weight excluding hydrogens is 276 g/mol. The van der Waals surface area contributed by atoms with E-state index in [1.54, 1.807) is 6.07 Å². The van der Waals surface area contributed by atoms with Crippen molar-refractivity contribution in [3.63, 3.8) is 0 Å². The number of nitrogens with zero attached hydrogens (tertiary/aromatic N) is 1. The summed E-state index contributed by atoms with van der Waals surface area (Å²) in [5.74, 6) is -1.09. The van der Waals surface area contributed by atoms with Crippen LogP contribution in [-0.4, -0.2) is 41.9 Å². The summed E-state index contributed by atoms with van der Waals surface area (Å²) in [4.78, 5) is 23.5. The summed E-state index contributed by atoms with van der Waals surface area (Å²) in [5, 5.41) is 15.9.